The lowest BCUT2D eigenvalue weighted by Crippen LogP contribution is -2.48. The highest BCUT2D eigenvalue weighted by molar-refractivity contribution is 5.85. The van der Waals surface area contributed by atoms with Crippen LogP contribution in [0.25, 0.3) is 0 Å². The molecule has 1 heterocycles. The Balaban J connectivity index is 0.00000176. The maximum absolute atomic E-state index is 12.3. The third kappa shape index (κ3) is 4.15. The summed E-state index contributed by atoms with van der Waals surface area (Å²) in [7, 11) is 2.03. The Hall–Kier alpha value is -0.320. The number of fused-ring (bicyclic) bond motifs is 2. The molecule has 4 unspecified atom stereocenters. The van der Waals surface area contributed by atoms with Gasteiger partial charge in [0.05, 0.1) is 6.54 Å². The second-order valence-corrected chi connectivity index (χ2v) is 7.53. The van der Waals surface area contributed by atoms with Crippen LogP contribution in [0.3, 0.4) is 0 Å². The molecular formula is C17H32ClN3O. The number of likely N-dealkylation sites (tertiary alicyclic amines) is 1. The van der Waals surface area contributed by atoms with Crippen molar-refractivity contribution >= 4 is 18.3 Å². The average molecular weight is 330 g/mol. The molecule has 2 aliphatic carbocycles. The Morgan fingerprint density at radius 1 is 1.18 bits per heavy atom. The van der Waals surface area contributed by atoms with Gasteiger partial charge in [-0.2, -0.15) is 0 Å². The molecule has 2 bridgehead atoms. The summed E-state index contributed by atoms with van der Waals surface area (Å²) in [4.78, 5) is 14.6. The van der Waals surface area contributed by atoms with Gasteiger partial charge < -0.3 is 10.6 Å². The van der Waals surface area contributed by atoms with E-state index in [-0.39, 0.29) is 18.3 Å². The molecule has 3 aliphatic rings. The summed E-state index contributed by atoms with van der Waals surface area (Å²) in [5.41, 5.74) is 0. The van der Waals surface area contributed by atoms with E-state index in [1.807, 2.05) is 7.05 Å². The molecule has 2 N–H and O–H groups in total. The van der Waals surface area contributed by atoms with E-state index in [1.165, 1.54) is 25.7 Å². The third-order valence-electron chi connectivity index (χ3n) is 6.19. The van der Waals surface area contributed by atoms with Crippen LogP contribution >= 0.6 is 12.4 Å². The number of amides is 1. The predicted octanol–water partition coefficient (Wildman–Crippen LogP) is 2.03. The molecule has 4 atom stereocenters. The van der Waals surface area contributed by atoms with Crippen molar-refractivity contribution in [3.05, 3.63) is 0 Å². The molecule has 3 rings (SSSR count). The summed E-state index contributed by atoms with van der Waals surface area (Å²) in [6.45, 7) is 4.89. The van der Waals surface area contributed by atoms with Crippen LogP contribution in [-0.2, 0) is 4.79 Å². The normalized spacial score (nSPS) is 33.5. The molecule has 3 fully saturated rings. The van der Waals surface area contributed by atoms with Gasteiger partial charge in [0.1, 0.15) is 0 Å². The zero-order chi connectivity index (χ0) is 14.8. The van der Waals surface area contributed by atoms with Gasteiger partial charge in [-0.15, -0.1) is 12.4 Å². The van der Waals surface area contributed by atoms with Crippen molar-refractivity contribution in [3.8, 4) is 0 Å². The van der Waals surface area contributed by atoms with Gasteiger partial charge in [0, 0.05) is 25.2 Å². The minimum Gasteiger partial charge on any atom is -0.352 e. The van der Waals surface area contributed by atoms with E-state index in [0.717, 1.165) is 43.7 Å². The number of hydrogen-bond donors (Lipinski definition) is 2. The number of carbonyl (C=O) groups excluding carboxylic acids is 1. The zero-order valence-corrected chi connectivity index (χ0v) is 14.8. The quantitative estimate of drug-likeness (QED) is 0.811. The minimum absolute atomic E-state index is 0. The molecule has 1 saturated heterocycles. The summed E-state index contributed by atoms with van der Waals surface area (Å²) in [5.74, 6) is 2.81. The van der Waals surface area contributed by atoms with Crippen LogP contribution in [-0.4, -0.2) is 49.6 Å². The topological polar surface area (TPSA) is 44.4 Å². The number of halogens is 1. The summed E-state index contributed by atoms with van der Waals surface area (Å²) >= 11 is 0. The molecule has 0 aromatic rings. The van der Waals surface area contributed by atoms with Crippen molar-refractivity contribution < 1.29 is 4.79 Å². The van der Waals surface area contributed by atoms with Crippen LogP contribution < -0.4 is 10.6 Å². The van der Waals surface area contributed by atoms with E-state index in [9.17, 15) is 4.79 Å². The maximum Gasteiger partial charge on any atom is 0.234 e. The highest BCUT2D eigenvalue weighted by atomic mass is 35.5. The van der Waals surface area contributed by atoms with Gasteiger partial charge in [-0.3, -0.25) is 9.69 Å². The molecule has 1 amide bonds. The van der Waals surface area contributed by atoms with E-state index in [2.05, 4.69) is 22.5 Å². The van der Waals surface area contributed by atoms with Crippen LogP contribution in [0, 0.1) is 17.8 Å². The number of nitrogens with one attached hydrogen (secondary N) is 2. The lowest BCUT2D eigenvalue weighted by molar-refractivity contribution is -0.123. The average Bonchev–Trinajstić information content (AvgIpc) is 3.10. The Labute approximate surface area is 141 Å². The van der Waals surface area contributed by atoms with E-state index in [4.69, 9.17) is 0 Å². The van der Waals surface area contributed by atoms with Crippen LogP contribution in [0.5, 0.6) is 0 Å². The highest BCUT2D eigenvalue weighted by Crippen LogP contribution is 2.49. The molecule has 1 aliphatic heterocycles. The molecule has 0 aromatic heterocycles. The summed E-state index contributed by atoms with van der Waals surface area (Å²) in [6.07, 6.45) is 7.91. The van der Waals surface area contributed by atoms with E-state index >= 15 is 0 Å². The first-order valence-electron chi connectivity index (χ1n) is 8.84. The lowest BCUT2D eigenvalue weighted by Gasteiger charge is -2.32. The van der Waals surface area contributed by atoms with Gasteiger partial charge in [-0.25, -0.2) is 0 Å². The predicted molar refractivity (Wildman–Crippen MR) is 92.3 cm³/mol. The van der Waals surface area contributed by atoms with Crippen LogP contribution in [0.1, 0.15) is 45.4 Å². The van der Waals surface area contributed by atoms with Crippen molar-refractivity contribution in [2.24, 2.45) is 17.8 Å². The largest absolute Gasteiger partial charge is 0.352 e. The van der Waals surface area contributed by atoms with Gasteiger partial charge in [-0.05, 0) is 63.8 Å². The fourth-order valence-corrected chi connectivity index (χ4v) is 4.90. The monoisotopic (exact) mass is 329 g/mol. The standard InChI is InChI=1S/C17H31N3O.ClH/c1-12(16-10-13-3-4-14(16)9-13)19-17(21)11-20-7-5-15(18-2)6-8-20;/h12-16,18H,3-11H2,1-2H3,(H,19,21);1H. The van der Waals surface area contributed by atoms with Gasteiger partial charge in [0.15, 0.2) is 0 Å². The fourth-order valence-electron chi connectivity index (χ4n) is 4.90. The first kappa shape index (κ1) is 18.0. The van der Waals surface area contributed by atoms with Crippen molar-refractivity contribution in [2.75, 3.05) is 26.7 Å². The molecule has 0 spiro atoms. The number of hydrogen-bond acceptors (Lipinski definition) is 3. The Kier molecular flexibility index (Phi) is 6.54. The number of nitrogens with zero attached hydrogens (tertiary/aromatic N) is 1. The van der Waals surface area contributed by atoms with E-state index in [1.54, 1.807) is 0 Å². The Bertz CT molecular complexity index is 371. The molecule has 0 aromatic carbocycles. The lowest BCUT2D eigenvalue weighted by atomic mass is 9.84. The Morgan fingerprint density at radius 3 is 2.45 bits per heavy atom. The molecule has 22 heavy (non-hydrogen) atoms. The Morgan fingerprint density at radius 2 is 1.91 bits per heavy atom. The smallest absolute Gasteiger partial charge is 0.234 e. The molecule has 5 heteroatoms. The minimum atomic E-state index is 0. The molecule has 2 saturated carbocycles. The summed E-state index contributed by atoms with van der Waals surface area (Å²) in [5, 5.41) is 6.62. The van der Waals surface area contributed by atoms with Crippen LogP contribution in [0.2, 0.25) is 0 Å². The number of carbonyl (C=O) groups is 1. The number of rotatable bonds is 5. The fraction of sp³-hybridized carbons (Fsp3) is 0.941. The van der Waals surface area contributed by atoms with Crippen molar-refractivity contribution in [1.29, 1.82) is 0 Å². The molecule has 128 valence electrons. The maximum atomic E-state index is 12.3. The van der Waals surface area contributed by atoms with Crippen LogP contribution in [0.15, 0.2) is 0 Å². The first-order valence-corrected chi connectivity index (χ1v) is 8.84. The van der Waals surface area contributed by atoms with Gasteiger partial charge in [-0.1, -0.05) is 6.42 Å². The second kappa shape index (κ2) is 7.98. The third-order valence-corrected chi connectivity index (χ3v) is 6.19. The summed E-state index contributed by atoms with van der Waals surface area (Å²) in [6, 6.07) is 1.000. The van der Waals surface area contributed by atoms with Crippen molar-refractivity contribution in [3.63, 3.8) is 0 Å². The second-order valence-electron chi connectivity index (χ2n) is 7.53. The molecule has 0 radical (unpaired) electrons. The SMILES string of the molecule is CNC1CCN(CC(=O)NC(C)C2CC3CCC2C3)CC1.Cl. The van der Waals surface area contributed by atoms with Gasteiger partial charge in [0.2, 0.25) is 5.91 Å². The van der Waals surface area contributed by atoms with Crippen molar-refractivity contribution in [2.45, 2.75) is 57.5 Å². The highest BCUT2D eigenvalue weighted by Gasteiger charge is 2.42. The first-order chi connectivity index (χ1) is 10.2. The number of piperidine rings is 1. The molecular weight excluding hydrogens is 298 g/mol. The van der Waals surface area contributed by atoms with Crippen molar-refractivity contribution in [1.82, 2.24) is 15.5 Å². The molecule has 4 nitrogen and oxygen atoms in total. The zero-order valence-electron chi connectivity index (χ0n) is 14.0. The van der Waals surface area contributed by atoms with E-state index in [0.29, 0.717) is 18.6 Å². The van der Waals surface area contributed by atoms with Crippen LogP contribution in [0.4, 0.5) is 0 Å². The van der Waals surface area contributed by atoms with Gasteiger partial charge in [0.25, 0.3) is 0 Å². The van der Waals surface area contributed by atoms with Gasteiger partial charge >= 0.3 is 0 Å². The summed E-state index contributed by atoms with van der Waals surface area (Å²) < 4.78 is 0. The van der Waals surface area contributed by atoms with E-state index < -0.39 is 0 Å².